The van der Waals surface area contributed by atoms with E-state index in [2.05, 4.69) is 29.9 Å². The van der Waals surface area contributed by atoms with E-state index in [1.807, 2.05) is 39.0 Å². The summed E-state index contributed by atoms with van der Waals surface area (Å²) in [5, 5.41) is 37.4. The van der Waals surface area contributed by atoms with Crippen LogP contribution < -0.4 is 4.74 Å². The number of aromatic hydroxyl groups is 1. The second-order valence-corrected chi connectivity index (χ2v) is 9.09. The molecule has 3 N–H and O–H groups in total. The SMILES string of the molecule is CCCc1nc(C)c(O)c(C)c1CO.CCCc1nc(C)c(OCc2cccc(C#N)c2)c(C)c1CO. The highest BCUT2D eigenvalue weighted by molar-refractivity contribution is 5.45. The first-order valence-electron chi connectivity index (χ1n) is 12.7. The Kier molecular flexibility index (Phi) is 11.5. The molecule has 0 aliphatic carbocycles. The predicted octanol–water partition coefficient (Wildman–Crippen LogP) is 5.44. The van der Waals surface area contributed by atoms with E-state index in [-0.39, 0.29) is 19.0 Å². The highest BCUT2D eigenvalue weighted by Crippen LogP contribution is 2.29. The average Bonchev–Trinajstić information content (AvgIpc) is 2.88. The van der Waals surface area contributed by atoms with E-state index in [1.54, 1.807) is 13.0 Å². The lowest BCUT2D eigenvalue weighted by Gasteiger charge is -2.17. The zero-order valence-electron chi connectivity index (χ0n) is 22.9. The Morgan fingerprint density at radius 2 is 1.43 bits per heavy atom. The summed E-state index contributed by atoms with van der Waals surface area (Å²) in [5.41, 5.74) is 8.21. The van der Waals surface area contributed by atoms with Gasteiger partial charge in [0.1, 0.15) is 18.1 Å². The molecule has 0 unspecified atom stereocenters. The van der Waals surface area contributed by atoms with Crippen LogP contribution in [0.3, 0.4) is 0 Å². The molecule has 7 heteroatoms. The van der Waals surface area contributed by atoms with Crippen LogP contribution in [0.4, 0.5) is 0 Å². The maximum Gasteiger partial charge on any atom is 0.144 e. The number of nitriles is 1. The number of hydrogen-bond donors (Lipinski definition) is 3. The number of nitrogens with zero attached hydrogens (tertiary/aromatic N) is 3. The van der Waals surface area contributed by atoms with Crippen molar-refractivity contribution in [2.75, 3.05) is 0 Å². The van der Waals surface area contributed by atoms with Crippen molar-refractivity contribution >= 4 is 0 Å². The minimum absolute atomic E-state index is 0.0330. The molecule has 0 saturated carbocycles. The second-order valence-electron chi connectivity index (χ2n) is 9.09. The third kappa shape index (κ3) is 7.51. The molecular weight excluding hydrogens is 466 g/mol. The molecule has 1 aromatic carbocycles. The van der Waals surface area contributed by atoms with Crippen LogP contribution in [-0.4, -0.2) is 25.3 Å². The van der Waals surface area contributed by atoms with Crippen molar-refractivity contribution in [3.63, 3.8) is 0 Å². The van der Waals surface area contributed by atoms with Crippen LogP contribution in [0.5, 0.6) is 11.5 Å². The van der Waals surface area contributed by atoms with Gasteiger partial charge in [0.15, 0.2) is 0 Å². The fraction of sp³-hybridized carbons (Fsp3) is 0.433. The highest BCUT2D eigenvalue weighted by atomic mass is 16.5. The van der Waals surface area contributed by atoms with E-state index in [0.29, 0.717) is 17.9 Å². The van der Waals surface area contributed by atoms with Gasteiger partial charge in [0.05, 0.1) is 36.2 Å². The van der Waals surface area contributed by atoms with Gasteiger partial charge in [-0.25, -0.2) is 0 Å². The maximum atomic E-state index is 9.66. The molecule has 0 atom stereocenters. The Hall–Kier alpha value is -3.47. The molecule has 0 aliphatic rings. The first-order valence-corrected chi connectivity index (χ1v) is 12.7. The monoisotopic (exact) mass is 505 g/mol. The molecule has 0 aliphatic heterocycles. The molecule has 0 radical (unpaired) electrons. The lowest BCUT2D eigenvalue weighted by atomic mass is 10.0. The Morgan fingerprint density at radius 1 is 0.865 bits per heavy atom. The molecule has 198 valence electrons. The Morgan fingerprint density at radius 3 is 1.97 bits per heavy atom. The number of pyridine rings is 2. The fourth-order valence-corrected chi connectivity index (χ4v) is 4.30. The fourth-order valence-electron chi connectivity index (χ4n) is 4.30. The van der Waals surface area contributed by atoms with E-state index in [0.717, 1.165) is 76.3 Å². The molecule has 2 heterocycles. The minimum Gasteiger partial charge on any atom is -0.506 e. The van der Waals surface area contributed by atoms with Gasteiger partial charge in [0.2, 0.25) is 0 Å². The topological polar surface area (TPSA) is 119 Å². The maximum absolute atomic E-state index is 9.66. The van der Waals surface area contributed by atoms with Gasteiger partial charge in [-0.2, -0.15) is 5.26 Å². The Bertz CT molecular complexity index is 1250. The van der Waals surface area contributed by atoms with Crippen LogP contribution in [0.15, 0.2) is 24.3 Å². The van der Waals surface area contributed by atoms with E-state index >= 15 is 0 Å². The van der Waals surface area contributed by atoms with Crippen molar-refractivity contribution < 1.29 is 20.1 Å². The number of hydrogen-bond acceptors (Lipinski definition) is 7. The van der Waals surface area contributed by atoms with Crippen LogP contribution in [0.1, 0.15) is 82.8 Å². The van der Waals surface area contributed by atoms with E-state index in [4.69, 9.17) is 10.00 Å². The Labute approximate surface area is 220 Å². The van der Waals surface area contributed by atoms with Crippen LogP contribution in [0, 0.1) is 39.0 Å². The lowest BCUT2D eigenvalue weighted by molar-refractivity contribution is 0.272. The van der Waals surface area contributed by atoms with Crippen LogP contribution in [0.25, 0.3) is 0 Å². The minimum atomic E-state index is -0.0536. The van der Waals surface area contributed by atoms with Crippen molar-refractivity contribution in [3.8, 4) is 17.6 Å². The number of rotatable bonds is 9. The third-order valence-corrected chi connectivity index (χ3v) is 6.30. The van der Waals surface area contributed by atoms with E-state index < -0.39 is 0 Å². The summed E-state index contributed by atoms with van der Waals surface area (Å²) in [6.07, 6.45) is 3.67. The summed E-state index contributed by atoms with van der Waals surface area (Å²) in [4.78, 5) is 8.89. The average molecular weight is 506 g/mol. The normalized spacial score (nSPS) is 10.5. The predicted molar refractivity (Wildman–Crippen MR) is 144 cm³/mol. The summed E-state index contributed by atoms with van der Waals surface area (Å²) >= 11 is 0. The largest absolute Gasteiger partial charge is 0.506 e. The molecule has 2 aromatic heterocycles. The second kappa shape index (κ2) is 14.3. The van der Waals surface area contributed by atoms with Gasteiger partial charge in [-0.05, 0) is 63.8 Å². The van der Waals surface area contributed by atoms with Gasteiger partial charge in [0.25, 0.3) is 0 Å². The van der Waals surface area contributed by atoms with Gasteiger partial charge in [-0.1, -0.05) is 38.8 Å². The van der Waals surface area contributed by atoms with Gasteiger partial charge in [-0.3, -0.25) is 9.97 Å². The number of aliphatic hydroxyl groups is 2. The van der Waals surface area contributed by atoms with Gasteiger partial charge in [0, 0.05) is 28.1 Å². The molecule has 0 spiro atoms. The van der Waals surface area contributed by atoms with Crippen molar-refractivity contribution in [1.82, 2.24) is 9.97 Å². The first-order chi connectivity index (χ1) is 17.7. The van der Waals surface area contributed by atoms with Gasteiger partial charge in [-0.15, -0.1) is 0 Å². The molecule has 0 saturated heterocycles. The van der Waals surface area contributed by atoms with Crippen molar-refractivity contribution in [3.05, 3.63) is 80.4 Å². The van der Waals surface area contributed by atoms with Crippen molar-refractivity contribution in [2.24, 2.45) is 0 Å². The molecule has 37 heavy (non-hydrogen) atoms. The Balaban J connectivity index is 0.000000294. The standard InChI is InChI=1S/C19H22N2O2.C11H17NO2/c1-4-6-18-17(11-22)13(2)19(14(3)21-18)23-12-16-8-5-7-15(9-16)10-20;1-4-5-10-9(6-13)7(2)11(14)8(3)12-10/h5,7-9,22H,4,6,11-12H2,1-3H3;13-14H,4-6H2,1-3H3. The quantitative estimate of drug-likeness (QED) is 0.354. The van der Waals surface area contributed by atoms with Crippen LogP contribution in [0.2, 0.25) is 0 Å². The molecule has 0 bridgehead atoms. The summed E-state index contributed by atoms with van der Waals surface area (Å²) in [5.74, 6) is 0.921. The molecule has 0 fully saturated rings. The number of benzene rings is 1. The smallest absolute Gasteiger partial charge is 0.144 e. The zero-order valence-corrected chi connectivity index (χ0v) is 22.9. The summed E-state index contributed by atoms with van der Waals surface area (Å²) in [7, 11) is 0. The number of aromatic nitrogens is 2. The first kappa shape index (κ1) is 29.8. The zero-order chi connectivity index (χ0) is 27.5. The van der Waals surface area contributed by atoms with Crippen LogP contribution >= 0.6 is 0 Å². The van der Waals surface area contributed by atoms with Gasteiger partial charge >= 0.3 is 0 Å². The van der Waals surface area contributed by atoms with Crippen molar-refractivity contribution in [2.45, 2.75) is 87.0 Å². The summed E-state index contributed by atoms with van der Waals surface area (Å²) < 4.78 is 5.95. The van der Waals surface area contributed by atoms with Crippen molar-refractivity contribution in [1.29, 1.82) is 5.26 Å². The van der Waals surface area contributed by atoms with Gasteiger partial charge < -0.3 is 20.1 Å². The molecular formula is C30H39N3O4. The number of ether oxygens (including phenoxy) is 1. The third-order valence-electron chi connectivity index (χ3n) is 6.30. The molecule has 7 nitrogen and oxygen atoms in total. The summed E-state index contributed by atoms with van der Waals surface area (Å²) in [6.45, 7) is 11.9. The number of aliphatic hydroxyl groups excluding tert-OH is 2. The molecule has 0 amide bonds. The molecule has 3 aromatic rings. The highest BCUT2D eigenvalue weighted by Gasteiger charge is 2.15. The van der Waals surface area contributed by atoms with E-state index in [9.17, 15) is 15.3 Å². The van der Waals surface area contributed by atoms with E-state index in [1.165, 1.54) is 0 Å². The lowest BCUT2D eigenvalue weighted by Crippen LogP contribution is -2.08. The molecule has 3 rings (SSSR count). The summed E-state index contributed by atoms with van der Waals surface area (Å²) in [6, 6.07) is 9.49. The van der Waals surface area contributed by atoms with Crippen LogP contribution in [-0.2, 0) is 32.7 Å². The number of aryl methyl sites for hydroxylation is 4.